The van der Waals surface area contributed by atoms with Crippen molar-refractivity contribution < 1.29 is 13.9 Å². The van der Waals surface area contributed by atoms with Crippen LogP contribution >= 0.6 is 0 Å². The molecule has 1 aromatic heterocycles. The number of aromatic nitrogens is 4. The largest absolute Gasteiger partial charge is 0.495 e. The number of halogens is 1. The normalized spacial score (nSPS) is 20.2. The fourth-order valence-electron chi connectivity index (χ4n) is 4.72. The predicted molar refractivity (Wildman–Crippen MR) is 118 cm³/mol. The van der Waals surface area contributed by atoms with Crippen LogP contribution in [0, 0.1) is 11.7 Å². The van der Waals surface area contributed by atoms with Gasteiger partial charge in [0.25, 0.3) is 0 Å². The Morgan fingerprint density at radius 2 is 1.88 bits per heavy atom. The Kier molecular flexibility index (Phi) is 6.07. The molecule has 3 aromatic rings. The molecule has 168 valence electrons. The van der Waals surface area contributed by atoms with Crippen LogP contribution in [0.5, 0.6) is 5.75 Å². The highest BCUT2D eigenvalue weighted by Gasteiger charge is 2.44. The zero-order valence-electron chi connectivity index (χ0n) is 18.6. The zero-order valence-corrected chi connectivity index (χ0v) is 18.6. The molecule has 32 heavy (non-hydrogen) atoms. The van der Waals surface area contributed by atoms with Crippen LogP contribution in [-0.2, 0) is 4.79 Å². The maximum Gasteiger partial charge on any atom is 0.225 e. The number of benzene rings is 2. The zero-order chi connectivity index (χ0) is 22.8. The lowest BCUT2D eigenvalue weighted by Crippen LogP contribution is -2.39. The number of ether oxygens (including phenoxy) is 1. The van der Waals surface area contributed by atoms with E-state index >= 15 is 0 Å². The van der Waals surface area contributed by atoms with Gasteiger partial charge in [-0.2, -0.15) is 0 Å². The van der Waals surface area contributed by atoms with Gasteiger partial charge in [-0.15, -0.1) is 5.10 Å². The van der Waals surface area contributed by atoms with Crippen LogP contribution in [-0.4, -0.2) is 65.3 Å². The van der Waals surface area contributed by atoms with Gasteiger partial charge in [0.15, 0.2) is 0 Å². The van der Waals surface area contributed by atoms with E-state index in [0.29, 0.717) is 5.75 Å². The molecule has 1 aliphatic carbocycles. The first-order chi connectivity index (χ1) is 15.4. The van der Waals surface area contributed by atoms with Gasteiger partial charge in [0.05, 0.1) is 18.5 Å². The number of anilines is 1. The lowest BCUT2D eigenvalue weighted by Gasteiger charge is -2.35. The number of hydrogen-bond acceptors (Lipinski definition) is 6. The summed E-state index contributed by atoms with van der Waals surface area (Å²) >= 11 is 0. The molecule has 0 saturated heterocycles. The van der Waals surface area contributed by atoms with Crippen molar-refractivity contribution in [3.05, 3.63) is 60.2 Å². The predicted octanol–water partition coefficient (Wildman–Crippen LogP) is 2.90. The number of methoxy groups -OCH3 is 1. The SMILES string of the molecule is COc1ccc(-n2cnnn2)cc1N(C)C1CCC(C(=O)N(C)C)C1c1ccc(F)cc1. The molecular weight excluding hydrogens is 411 g/mol. The average molecular weight is 439 g/mol. The van der Waals surface area contributed by atoms with E-state index in [4.69, 9.17) is 4.74 Å². The van der Waals surface area contributed by atoms with E-state index in [1.54, 1.807) is 42.9 Å². The maximum atomic E-state index is 13.6. The summed E-state index contributed by atoms with van der Waals surface area (Å²) in [6.45, 7) is 0. The van der Waals surface area contributed by atoms with Crippen LogP contribution in [0.2, 0.25) is 0 Å². The number of carbonyl (C=O) groups excluding carboxylic acids is 1. The summed E-state index contributed by atoms with van der Waals surface area (Å²) in [4.78, 5) is 16.8. The third-order valence-electron chi connectivity index (χ3n) is 6.29. The summed E-state index contributed by atoms with van der Waals surface area (Å²) in [5.74, 6) is 0.241. The van der Waals surface area contributed by atoms with Crippen molar-refractivity contribution in [3.63, 3.8) is 0 Å². The first kappa shape index (κ1) is 21.7. The first-order valence-corrected chi connectivity index (χ1v) is 10.5. The molecule has 0 spiro atoms. The van der Waals surface area contributed by atoms with Crippen LogP contribution in [0.1, 0.15) is 24.3 Å². The van der Waals surface area contributed by atoms with Crippen molar-refractivity contribution in [2.24, 2.45) is 5.92 Å². The van der Waals surface area contributed by atoms with E-state index in [1.807, 2.05) is 25.2 Å². The van der Waals surface area contributed by atoms with Gasteiger partial charge in [0, 0.05) is 39.0 Å². The maximum absolute atomic E-state index is 13.6. The van der Waals surface area contributed by atoms with Gasteiger partial charge in [0.1, 0.15) is 17.9 Å². The standard InChI is InChI=1S/C23H27FN6O2/c1-28(2)23(31)18-10-11-19(22(18)15-5-7-16(24)8-6-15)29(3)20-13-17(9-12-21(20)32-4)30-14-25-26-27-30/h5-9,12-14,18-19,22H,10-11H2,1-4H3. The van der Waals surface area contributed by atoms with E-state index < -0.39 is 0 Å². The minimum Gasteiger partial charge on any atom is -0.495 e. The second-order valence-corrected chi connectivity index (χ2v) is 8.28. The quantitative estimate of drug-likeness (QED) is 0.589. The van der Waals surface area contributed by atoms with E-state index in [2.05, 4.69) is 20.4 Å². The second kappa shape index (κ2) is 8.94. The highest BCUT2D eigenvalue weighted by Crippen LogP contribution is 2.45. The smallest absolute Gasteiger partial charge is 0.225 e. The summed E-state index contributed by atoms with van der Waals surface area (Å²) in [5, 5.41) is 11.4. The number of carbonyl (C=O) groups is 1. The first-order valence-electron chi connectivity index (χ1n) is 10.5. The molecule has 2 aromatic carbocycles. The molecule has 0 N–H and O–H groups in total. The Labute approximate surface area is 186 Å². The third kappa shape index (κ3) is 4.02. The van der Waals surface area contributed by atoms with Crippen molar-refractivity contribution in [3.8, 4) is 11.4 Å². The van der Waals surface area contributed by atoms with E-state index in [0.717, 1.165) is 29.8 Å². The van der Waals surface area contributed by atoms with Gasteiger partial charge < -0.3 is 14.5 Å². The van der Waals surface area contributed by atoms with Gasteiger partial charge in [-0.05, 0) is 59.2 Å². The molecular formula is C23H27FN6O2. The molecule has 0 aliphatic heterocycles. The molecule has 1 saturated carbocycles. The summed E-state index contributed by atoms with van der Waals surface area (Å²) in [6.07, 6.45) is 3.11. The number of rotatable bonds is 6. The van der Waals surface area contributed by atoms with Crippen LogP contribution in [0.15, 0.2) is 48.8 Å². The number of tetrazole rings is 1. The lowest BCUT2D eigenvalue weighted by atomic mass is 9.85. The molecule has 1 aliphatic rings. The molecule has 9 heteroatoms. The molecule has 1 fully saturated rings. The van der Waals surface area contributed by atoms with Crippen molar-refractivity contribution in [2.45, 2.75) is 24.8 Å². The van der Waals surface area contributed by atoms with Crippen molar-refractivity contribution in [2.75, 3.05) is 33.2 Å². The highest BCUT2D eigenvalue weighted by atomic mass is 19.1. The molecule has 0 bridgehead atoms. The van der Waals surface area contributed by atoms with Gasteiger partial charge in [0.2, 0.25) is 5.91 Å². The summed E-state index contributed by atoms with van der Waals surface area (Å²) in [6, 6.07) is 12.3. The molecule has 3 unspecified atom stereocenters. The average Bonchev–Trinajstić information content (AvgIpc) is 3.48. The minimum atomic E-state index is -0.289. The van der Waals surface area contributed by atoms with Crippen LogP contribution < -0.4 is 9.64 Å². The van der Waals surface area contributed by atoms with Crippen molar-refractivity contribution >= 4 is 11.6 Å². The van der Waals surface area contributed by atoms with E-state index in [-0.39, 0.29) is 29.6 Å². The lowest BCUT2D eigenvalue weighted by molar-refractivity contribution is -0.133. The van der Waals surface area contributed by atoms with Crippen LogP contribution in [0.25, 0.3) is 5.69 Å². The molecule has 1 heterocycles. The Morgan fingerprint density at radius 3 is 2.50 bits per heavy atom. The monoisotopic (exact) mass is 438 g/mol. The summed E-state index contributed by atoms with van der Waals surface area (Å²) in [5.41, 5.74) is 2.63. The van der Waals surface area contributed by atoms with Gasteiger partial charge in [-0.3, -0.25) is 4.79 Å². The van der Waals surface area contributed by atoms with Crippen LogP contribution in [0.4, 0.5) is 10.1 Å². The molecule has 0 radical (unpaired) electrons. The second-order valence-electron chi connectivity index (χ2n) is 8.28. The Balaban J connectivity index is 1.74. The summed E-state index contributed by atoms with van der Waals surface area (Å²) in [7, 11) is 7.19. The Morgan fingerprint density at radius 1 is 1.12 bits per heavy atom. The highest BCUT2D eigenvalue weighted by molar-refractivity contribution is 5.80. The van der Waals surface area contributed by atoms with E-state index in [9.17, 15) is 9.18 Å². The fraction of sp³-hybridized carbons (Fsp3) is 0.391. The van der Waals surface area contributed by atoms with Crippen molar-refractivity contribution in [1.82, 2.24) is 25.1 Å². The molecule has 1 amide bonds. The van der Waals surface area contributed by atoms with Gasteiger partial charge in [-0.1, -0.05) is 12.1 Å². The number of amides is 1. The number of nitrogens with zero attached hydrogens (tertiary/aromatic N) is 6. The third-order valence-corrected chi connectivity index (χ3v) is 6.29. The minimum absolute atomic E-state index is 0.0207. The van der Waals surface area contributed by atoms with Gasteiger partial charge in [-0.25, -0.2) is 9.07 Å². The van der Waals surface area contributed by atoms with Crippen molar-refractivity contribution in [1.29, 1.82) is 0 Å². The molecule has 3 atom stereocenters. The number of likely N-dealkylation sites (N-methyl/N-ethyl adjacent to an activating group) is 1. The summed E-state index contributed by atoms with van der Waals surface area (Å²) < 4.78 is 20.9. The van der Waals surface area contributed by atoms with Gasteiger partial charge >= 0.3 is 0 Å². The Hall–Kier alpha value is -3.49. The fourth-order valence-corrected chi connectivity index (χ4v) is 4.72. The molecule has 8 nitrogen and oxygen atoms in total. The van der Waals surface area contributed by atoms with Crippen LogP contribution in [0.3, 0.4) is 0 Å². The molecule has 4 rings (SSSR count). The Bertz CT molecular complexity index is 1070. The topological polar surface area (TPSA) is 76.4 Å². The number of hydrogen-bond donors (Lipinski definition) is 0. The van der Waals surface area contributed by atoms with E-state index in [1.165, 1.54) is 18.5 Å².